The van der Waals surface area contributed by atoms with E-state index in [0.717, 1.165) is 10.9 Å². The number of hydrogen-bond donors (Lipinski definition) is 4. The van der Waals surface area contributed by atoms with Crippen LogP contribution in [0.5, 0.6) is 0 Å². The highest BCUT2D eigenvalue weighted by molar-refractivity contribution is 6.02. The van der Waals surface area contributed by atoms with Gasteiger partial charge in [-0.25, -0.2) is 0 Å². The van der Waals surface area contributed by atoms with Crippen molar-refractivity contribution in [1.82, 2.24) is 15.5 Å². The molecule has 1 aromatic heterocycles. The van der Waals surface area contributed by atoms with Gasteiger partial charge in [-0.15, -0.1) is 12.4 Å². The summed E-state index contributed by atoms with van der Waals surface area (Å²) in [7, 11) is 0. The molecule has 1 saturated heterocycles. The van der Waals surface area contributed by atoms with Crippen LogP contribution in [0, 0.1) is 0 Å². The van der Waals surface area contributed by atoms with Gasteiger partial charge in [0.2, 0.25) is 5.91 Å². The van der Waals surface area contributed by atoms with Gasteiger partial charge in [0.05, 0.1) is 29.5 Å². The van der Waals surface area contributed by atoms with Crippen molar-refractivity contribution in [3.63, 3.8) is 0 Å². The molecule has 0 spiro atoms. The minimum absolute atomic E-state index is 0. The first-order chi connectivity index (χ1) is 8.74. The summed E-state index contributed by atoms with van der Waals surface area (Å²) in [5.74, 6) is -0.131. The van der Waals surface area contributed by atoms with Crippen LogP contribution in [0.4, 0.5) is 5.69 Å². The van der Waals surface area contributed by atoms with Crippen LogP contribution in [0.3, 0.4) is 0 Å². The maximum absolute atomic E-state index is 12.0. The van der Waals surface area contributed by atoms with E-state index in [4.69, 9.17) is 0 Å². The van der Waals surface area contributed by atoms with E-state index in [1.165, 1.54) is 0 Å². The highest BCUT2D eigenvalue weighted by Crippen LogP contribution is 2.21. The normalized spacial score (nSPS) is 22.2. The van der Waals surface area contributed by atoms with Crippen LogP contribution >= 0.6 is 12.4 Å². The molecule has 1 aliphatic rings. The molecule has 7 heteroatoms. The summed E-state index contributed by atoms with van der Waals surface area (Å²) in [5, 5.41) is 23.0. The summed E-state index contributed by atoms with van der Waals surface area (Å²) in [5.41, 5.74) is 1.52. The van der Waals surface area contributed by atoms with Crippen molar-refractivity contribution >= 4 is 34.9 Å². The molecule has 19 heavy (non-hydrogen) atoms. The molecule has 102 valence electrons. The van der Waals surface area contributed by atoms with Gasteiger partial charge in [0.15, 0.2) is 0 Å². The van der Waals surface area contributed by atoms with Crippen LogP contribution in [0.1, 0.15) is 6.42 Å². The quantitative estimate of drug-likeness (QED) is 0.651. The molecule has 2 heterocycles. The summed E-state index contributed by atoms with van der Waals surface area (Å²) in [6.07, 6.45) is 1.72. The summed E-state index contributed by atoms with van der Waals surface area (Å²) in [6, 6.07) is 5.28. The summed E-state index contributed by atoms with van der Waals surface area (Å²) >= 11 is 0. The molecule has 1 aliphatic heterocycles. The fourth-order valence-electron chi connectivity index (χ4n) is 2.21. The van der Waals surface area contributed by atoms with Crippen LogP contribution in [0.2, 0.25) is 0 Å². The number of nitrogens with zero attached hydrogens (tertiary/aromatic N) is 1. The maximum Gasteiger partial charge on any atom is 0.241 e. The number of hydrogen-bond acceptors (Lipinski definition) is 4. The smallest absolute Gasteiger partial charge is 0.241 e. The Morgan fingerprint density at radius 3 is 3.05 bits per heavy atom. The van der Waals surface area contributed by atoms with E-state index < -0.39 is 6.10 Å². The highest BCUT2D eigenvalue weighted by Gasteiger charge is 2.28. The SMILES string of the molecule is Cl.O=C(Nc1cccc2cn[nH]c12)C1CC(O)CN1. The van der Waals surface area contributed by atoms with Crippen molar-refractivity contribution in [3.05, 3.63) is 24.4 Å². The Morgan fingerprint density at radius 2 is 2.32 bits per heavy atom. The largest absolute Gasteiger partial charge is 0.392 e. The van der Waals surface area contributed by atoms with Crippen LogP contribution < -0.4 is 10.6 Å². The van der Waals surface area contributed by atoms with Crippen molar-refractivity contribution in [2.75, 3.05) is 11.9 Å². The van der Waals surface area contributed by atoms with Gasteiger partial charge in [-0.2, -0.15) is 5.10 Å². The number of anilines is 1. The predicted octanol–water partition coefficient (Wildman–Crippen LogP) is 0.646. The third-order valence-corrected chi connectivity index (χ3v) is 3.16. The molecular weight excluding hydrogens is 268 g/mol. The average molecular weight is 283 g/mol. The number of amides is 1. The first kappa shape index (κ1) is 13.8. The van der Waals surface area contributed by atoms with Gasteiger partial charge < -0.3 is 15.7 Å². The number of carbonyl (C=O) groups is 1. The number of halogens is 1. The van der Waals surface area contributed by atoms with E-state index in [2.05, 4.69) is 20.8 Å². The molecule has 2 atom stereocenters. The Kier molecular flexibility index (Phi) is 4.04. The van der Waals surface area contributed by atoms with Crippen molar-refractivity contribution in [2.24, 2.45) is 0 Å². The average Bonchev–Trinajstić information content (AvgIpc) is 2.97. The number of aromatic amines is 1. The Morgan fingerprint density at radius 1 is 1.47 bits per heavy atom. The third-order valence-electron chi connectivity index (χ3n) is 3.16. The predicted molar refractivity (Wildman–Crippen MR) is 74.4 cm³/mol. The number of nitrogens with one attached hydrogen (secondary N) is 3. The number of aliphatic hydroxyl groups excluding tert-OH is 1. The zero-order chi connectivity index (χ0) is 12.5. The van der Waals surface area contributed by atoms with Gasteiger partial charge in [0.1, 0.15) is 0 Å². The lowest BCUT2D eigenvalue weighted by Gasteiger charge is -2.11. The van der Waals surface area contributed by atoms with Gasteiger partial charge in [0.25, 0.3) is 0 Å². The second kappa shape index (κ2) is 5.56. The molecule has 2 unspecified atom stereocenters. The lowest BCUT2D eigenvalue weighted by molar-refractivity contribution is -0.117. The molecule has 4 N–H and O–H groups in total. The van der Waals surface area contributed by atoms with E-state index in [1.807, 2.05) is 18.2 Å². The number of aliphatic hydroxyl groups is 1. The summed E-state index contributed by atoms with van der Waals surface area (Å²) in [6.45, 7) is 0.465. The Balaban J connectivity index is 0.00000133. The zero-order valence-corrected chi connectivity index (χ0v) is 10.9. The molecule has 0 bridgehead atoms. The number of rotatable bonds is 2. The van der Waals surface area contributed by atoms with Crippen LogP contribution in [-0.4, -0.2) is 39.9 Å². The number of benzene rings is 1. The fraction of sp³-hybridized carbons (Fsp3) is 0.333. The highest BCUT2D eigenvalue weighted by atomic mass is 35.5. The Hall–Kier alpha value is -1.63. The van der Waals surface area contributed by atoms with E-state index in [9.17, 15) is 9.90 Å². The molecular formula is C12H15ClN4O2. The van der Waals surface area contributed by atoms with E-state index in [0.29, 0.717) is 18.7 Å². The third kappa shape index (κ3) is 2.70. The summed E-state index contributed by atoms with van der Waals surface area (Å²) < 4.78 is 0. The molecule has 3 rings (SSSR count). The lowest BCUT2D eigenvalue weighted by Crippen LogP contribution is -2.35. The molecule has 2 aromatic rings. The minimum atomic E-state index is -0.441. The number of fused-ring (bicyclic) bond motifs is 1. The molecule has 6 nitrogen and oxygen atoms in total. The van der Waals surface area contributed by atoms with Crippen LogP contribution in [-0.2, 0) is 4.79 Å². The van der Waals surface area contributed by atoms with Crippen molar-refractivity contribution in [2.45, 2.75) is 18.6 Å². The van der Waals surface area contributed by atoms with Crippen molar-refractivity contribution in [3.8, 4) is 0 Å². The lowest BCUT2D eigenvalue weighted by atomic mass is 10.1. The first-order valence-corrected chi connectivity index (χ1v) is 5.88. The van der Waals surface area contributed by atoms with E-state index in [-0.39, 0.29) is 24.4 Å². The molecule has 0 radical (unpaired) electrons. The second-order valence-electron chi connectivity index (χ2n) is 4.48. The monoisotopic (exact) mass is 282 g/mol. The van der Waals surface area contributed by atoms with Gasteiger partial charge in [0, 0.05) is 11.9 Å². The standard InChI is InChI=1S/C12H14N4O2.ClH/c17-8-4-10(13-6-8)12(18)15-9-3-1-2-7-5-14-16-11(7)9;/h1-3,5,8,10,13,17H,4,6H2,(H,14,16)(H,15,18);1H. The number of β-amino-alcohol motifs (C(OH)–C–C–N with tert-alkyl or cyclic N) is 1. The zero-order valence-electron chi connectivity index (χ0n) is 10.1. The van der Waals surface area contributed by atoms with E-state index >= 15 is 0 Å². The Labute approximate surface area is 116 Å². The molecule has 0 aliphatic carbocycles. The topological polar surface area (TPSA) is 90.0 Å². The van der Waals surface area contributed by atoms with E-state index in [1.54, 1.807) is 6.20 Å². The second-order valence-corrected chi connectivity index (χ2v) is 4.48. The summed E-state index contributed by atoms with van der Waals surface area (Å²) in [4.78, 5) is 12.0. The molecule has 1 aromatic carbocycles. The number of carbonyl (C=O) groups excluding carboxylic acids is 1. The van der Waals surface area contributed by atoms with Crippen molar-refractivity contribution < 1.29 is 9.90 Å². The first-order valence-electron chi connectivity index (χ1n) is 5.88. The van der Waals surface area contributed by atoms with Gasteiger partial charge in [-0.3, -0.25) is 9.89 Å². The number of aromatic nitrogens is 2. The Bertz CT molecular complexity index is 586. The molecule has 0 saturated carbocycles. The molecule has 1 amide bonds. The minimum Gasteiger partial charge on any atom is -0.392 e. The molecule has 1 fully saturated rings. The van der Waals surface area contributed by atoms with Crippen LogP contribution in [0.25, 0.3) is 10.9 Å². The van der Waals surface area contributed by atoms with Crippen LogP contribution in [0.15, 0.2) is 24.4 Å². The number of para-hydroxylation sites is 1. The number of H-pyrrole nitrogens is 1. The maximum atomic E-state index is 12.0. The fourth-order valence-corrected chi connectivity index (χ4v) is 2.21. The van der Waals surface area contributed by atoms with Crippen molar-refractivity contribution in [1.29, 1.82) is 0 Å². The van der Waals surface area contributed by atoms with Gasteiger partial charge in [-0.05, 0) is 12.5 Å². The van der Waals surface area contributed by atoms with Gasteiger partial charge >= 0.3 is 0 Å². The van der Waals surface area contributed by atoms with Gasteiger partial charge in [-0.1, -0.05) is 12.1 Å².